The minimum Gasteiger partial charge on any atom is -0.396 e. The number of hydrogen-bond donors (Lipinski definition) is 1. The van der Waals surface area contributed by atoms with E-state index in [4.69, 9.17) is 5.11 Å². The molecule has 0 aromatic heterocycles. The van der Waals surface area contributed by atoms with E-state index in [2.05, 4.69) is 9.80 Å². The predicted molar refractivity (Wildman–Crippen MR) is 80.4 cm³/mol. The molecule has 0 radical (unpaired) electrons. The number of unbranched alkanes of at least 4 members (excludes halogenated alkanes) is 1. The maximum absolute atomic E-state index is 8.85. The van der Waals surface area contributed by atoms with Crippen molar-refractivity contribution in [3.05, 3.63) is 0 Å². The maximum Gasteiger partial charge on any atom is 0.0431 e. The first-order valence-corrected chi connectivity index (χ1v) is 8.44. The van der Waals surface area contributed by atoms with Gasteiger partial charge in [0.05, 0.1) is 0 Å². The van der Waals surface area contributed by atoms with Crippen molar-refractivity contribution in [2.75, 3.05) is 45.9 Å². The van der Waals surface area contributed by atoms with Crippen molar-refractivity contribution < 1.29 is 5.11 Å². The molecule has 0 aromatic carbocycles. The molecule has 0 bridgehead atoms. The molecule has 1 saturated heterocycles. The highest BCUT2D eigenvalue weighted by atomic mass is 16.2. The van der Waals surface area contributed by atoms with E-state index >= 15 is 0 Å². The Balaban J connectivity index is 1.64. The van der Waals surface area contributed by atoms with Crippen LogP contribution in [0.2, 0.25) is 0 Å². The van der Waals surface area contributed by atoms with E-state index in [0.717, 1.165) is 18.8 Å². The molecule has 112 valence electrons. The lowest BCUT2D eigenvalue weighted by Gasteiger charge is -2.28. The predicted octanol–water partition coefficient (Wildman–Crippen LogP) is 2.35. The van der Waals surface area contributed by atoms with Crippen LogP contribution in [0.4, 0.5) is 0 Å². The lowest BCUT2D eigenvalue weighted by atomic mass is 9.89. The lowest BCUT2D eigenvalue weighted by molar-refractivity contribution is 0.199. The van der Waals surface area contributed by atoms with Crippen LogP contribution in [-0.2, 0) is 0 Å². The fourth-order valence-corrected chi connectivity index (χ4v) is 3.61. The van der Waals surface area contributed by atoms with Gasteiger partial charge in [0, 0.05) is 26.2 Å². The SMILES string of the molecule is OCCCCN1CCCN(CC2CCCCC2)CC1. The Labute approximate surface area is 119 Å². The second kappa shape index (κ2) is 8.93. The third kappa shape index (κ3) is 5.80. The van der Waals surface area contributed by atoms with E-state index in [9.17, 15) is 0 Å². The minimum atomic E-state index is 0.349. The zero-order valence-corrected chi connectivity index (χ0v) is 12.5. The molecule has 0 amide bonds. The number of rotatable bonds is 6. The van der Waals surface area contributed by atoms with Crippen LogP contribution in [0.5, 0.6) is 0 Å². The molecule has 3 nitrogen and oxygen atoms in total. The van der Waals surface area contributed by atoms with Crippen molar-refractivity contribution in [2.45, 2.75) is 51.4 Å². The van der Waals surface area contributed by atoms with Crippen molar-refractivity contribution in [1.29, 1.82) is 0 Å². The van der Waals surface area contributed by atoms with E-state index in [0.29, 0.717) is 6.61 Å². The molecule has 1 saturated carbocycles. The van der Waals surface area contributed by atoms with Crippen molar-refractivity contribution in [3.8, 4) is 0 Å². The average Bonchev–Trinajstić information content (AvgIpc) is 2.66. The number of aliphatic hydroxyl groups excluding tert-OH is 1. The molecular weight excluding hydrogens is 236 g/mol. The first kappa shape index (κ1) is 15.3. The topological polar surface area (TPSA) is 26.7 Å². The fraction of sp³-hybridized carbons (Fsp3) is 1.00. The highest BCUT2D eigenvalue weighted by molar-refractivity contribution is 4.74. The van der Waals surface area contributed by atoms with Crippen LogP contribution in [0, 0.1) is 5.92 Å². The van der Waals surface area contributed by atoms with Gasteiger partial charge in [0.15, 0.2) is 0 Å². The Morgan fingerprint density at radius 2 is 1.53 bits per heavy atom. The van der Waals surface area contributed by atoms with Gasteiger partial charge in [-0.3, -0.25) is 0 Å². The summed E-state index contributed by atoms with van der Waals surface area (Å²) in [6.07, 6.45) is 10.8. The fourth-order valence-electron chi connectivity index (χ4n) is 3.61. The summed E-state index contributed by atoms with van der Waals surface area (Å²) in [6.45, 7) is 7.93. The normalized spacial score (nSPS) is 24.5. The third-order valence-corrected chi connectivity index (χ3v) is 4.80. The maximum atomic E-state index is 8.85. The van der Waals surface area contributed by atoms with E-state index in [-0.39, 0.29) is 0 Å². The van der Waals surface area contributed by atoms with Crippen molar-refractivity contribution in [2.24, 2.45) is 5.92 Å². The van der Waals surface area contributed by atoms with Gasteiger partial charge in [-0.1, -0.05) is 19.3 Å². The second-order valence-corrected chi connectivity index (χ2v) is 6.43. The lowest BCUT2D eigenvalue weighted by Crippen LogP contribution is -2.34. The van der Waals surface area contributed by atoms with Gasteiger partial charge in [0.25, 0.3) is 0 Å². The zero-order valence-electron chi connectivity index (χ0n) is 12.5. The summed E-state index contributed by atoms with van der Waals surface area (Å²) in [4.78, 5) is 5.30. The van der Waals surface area contributed by atoms with Crippen molar-refractivity contribution in [3.63, 3.8) is 0 Å². The molecule has 0 aromatic rings. The van der Waals surface area contributed by atoms with E-state index in [1.54, 1.807) is 0 Å². The van der Waals surface area contributed by atoms with Crippen molar-refractivity contribution >= 4 is 0 Å². The molecule has 2 aliphatic rings. The molecule has 1 aliphatic carbocycles. The van der Waals surface area contributed by atoms with Crippen molar-refractivity contribution in [1.82, 2.24) is 9.80 Å². The van der Waals surface area contributed by atoms with Gasteiger partial charge < -0.3 is 14.9 Å². The molecule has 1 aliphatic heterocycles. The second-order valence-electron chi connectivity index (χ2n) is 6.43. The van der Waals surface area contributed by atoms with E-state index in [1.165, 1.54) is 77.8 Å². The summed E-state index contributed by atoms with van der Waals surface area (Å²) in [5, 5.41) is 8.85. The summed E-state index contributed by atoms with van der Waals surface area (Å²) >= 11 is 0. The van der Waals surface area contributed by atoms with Gasteiger partial charge in [-0.15, -0.1) is 0 Å². The molecule has 19 heavy (non-hydrogen) atoms. The first-order chi connectivity index (χ1) is 9.38. The van der Waals surface area contributed by atoms with E-state index < -0.39 is 0 Å². The Morgan fingerprint density at radius 3 is 2.32 bits per heavy atom. The van der Waals surface area contributed by atoms with Crippen LogP contribution in [0.3, 0.4) is 0 Å². The van der Waals surface area contributed by atoms with Gasteiger partial charge in [-0.2, -0.15) is 0 Å². The van der Waals surface area contributed by atoms with Crippen LogP contribution in [0.25, 0.3) is 0 Å². The van der Waals surface area contributed by atoms with Gasteiger partial charge in [0.2, 0.25) is 0 Å². The van der Waals surface area contributed by atoms with Crippen LogP contribution in [0.1, 0.15) is 51.4 Å². The summed E-state index contributed by atoms with van der Waals surface area (Å²) in [7, 11) is 0. The molecule has 0 unspecified atom stereocenters. The van der Waals surface area contributed by atoms with Gasteiger partial charge >= 0.3 is 0 Å². The monoisotopic (exact) mass is 268 g/mol. The van der Waals surface area contributed by atoms with Crippen LogP contribution in [0.15, 0.2) is 0 Å². The molecule has 1 heterocycles. The number of hydrogen-bond acceptors (Lipinski definition) is 3. The number of aliphatic hydroxyl groups is 1. The average molecular weight is 268 g/mol. The highest BCUT2D eigenvalue weighted by Gasteiger charge is 2.19. The summed E-state index contributed by atoms with van der Waals surface area (Å²) in [5.74, 6) is 0.981. The van der Waals surface area contributed by atoms with Crippen LogP contribution < -0.4 is 0 Å². The molecule has 2 fully saturated rings. The smallest absolute Gasteiger partial charge is 0.0431 e. The van der Waals surface area contributed by atoms with Gasteiger partial charge in [-0.05, 0) is 57.7 Å². The largest absolute Gasteiger partial charge is 0.396 e. The quantitative estimate of drug-likeness (QED) is 0.749. The molecule has 0 spiro atoms. The Hall–Kier alpha value is -0.120. The zero-order chi connectivity index (χ0) is 13.3. The van der Waals surface area contributed by atoms with Crippen LogP contribution >= 0.6 is 0 Å². The Bertz CT molecular complexity index is 229. The summed E-state index contributed by atoms with van der Waals surface area (Å²) in [6, 6.07) is 0. The minimum absolute atomic E-state index is 0.349. The van der Waals surface area contributed by atoms with E-state index in [1.807, 2.05) is 0 Å². The molecule has 1 N–H and O–H groups in total. The Morgan fingerprint density at radius 1 is 0.789 bits per heavy atom. The summed E-state index contributed by atoms with van der Waals surface area (Å²) in [5.41, 5.74) is 0. The third-order valence-electron chi connectivity index (χ3n) is 4.80. The number of nitrogens with zero attached hydrogens (tertiary/aromatic N) is 2. The molecule has 2 rings (SSSR count). The molecular formula is C16H32N2O. The highest BCUT2D eigenvalue weighted by Crippen LogP contribution is 2.24. The van der Waals surface area contributed by atoms with Gasteiger partial charge in [0.1, 0.15) is 0 Å². The van der Waals surface area contributed by atoms with Gasteiger partial charge in [-0.25, -0.2) is 0 Å². The molecule has 0 atom stereocenters. The van der Waals surface area contributed by atoms with Crippen LogP contribution in [-0.4, -0.2) is 60.8 Å². The molecule has 3 heteroatoms. The Kier molecular flexibility index (Phi) is 7.18. The first-order valence-electron chi connectivity index (χ1n) is 8.44. The standard InChI is InChI=1S/C16H32N2O/c19-14-5-4-9-17-10-6-11-18(13-12-17)15-16-7-2-1-3-8-16/h16,19H,1-15H2. The summed E-state index contributed by atoms with van der Waals surface area (Å²) < 4.78 is 0.